The Kier molecular flexibility index (Phi) is 3.91. The van der Waals surface area contributed by atoms with Gasteiger partial charge in [-0.25, -0.2) is 9.78 Å². The molecule has 2 rings (SSSR count). The van der Waals surface area contributed by atoms with Crippen LogP contribution in [0.2, 0.25) is 0 Å². The Morgan fingerprint density at radius 1 is 1.53 bits per heavy atom. The molecule has 2 aromatic rings. The van der Waals surface area contributed by atoms with Gasteiger partial charge in [0.2, 0.25) is 10.9 Å². The summed E-state index contributed by atoms with van der Waals surface area (Å²) in [6.45, 7) is 3.70. The number of carbonyl (C=O) groups excluding carboxylic acids is 2. The summed E-state index contributed by atoms with van der Waals surface area (Å²) >= 11 is 1.05. The van der Waals surface area contributed by atoms with E-state index in [1.54, 1.807) is 19.9 Å². The van der Waals surface area contributed by atoms with Crippen LogP contribution in [0.3, 0.4) is 0 Å². The molecule has 0 spiro atoms. The molecule has 1 N–H and O–H groups in total. The third-order valence-electron chi connectivity index (χ3n) is 2.05. The predicted octanol–water partition coefficient (Wildman–Crippen LogP) is 1.87. The Morgan fingerprint density at radius 2 is 2.32 bits per heavy atom. The summed E-state index contributed by atoms with van der Waals surface area (Å²) in [4.78, 5) is 27.1. The lowest BCUT2D eigenvalue weighted by molar-refractivity contribution is 0.0526. The number of ether oxygens (including phenoxy) is 1. The van der Waals surface area contributed by atoms with Gasteiger partial charge in [-0.2, -0.15) is 0 Å². The minimum atomic E-state index is -0.540. The van der Waals surface area contributed by atoms with Gasteiger partial charge in [-0.1, -0.05) is 5.16 Å². The normalized spacial score (nSPS) is 10.2. The average Bonchev–Trinajstić information content (AvgIpc) is 2.98. The first-order valence-corrected chi connectivity index (χ1v) is 6.35. The average molecular weight is 281 g/mol. The van der Waals surface area contributed by atoms with Gasteiger partial charge < -0.3 is 9.26 Å². The Balaban J connectivity index is 2.06. The second kappa shape index (κ2) is 5.61. The van der Waals surface area contributed by atoms with E-state index in [1.807, 2.05) is 0 Å². The molecule has 0 aliphatic rings. The topological polar surface area (TPSA) is 94.3 Å². The highest BCUT2D eigenvalue weighted by atomic mass is 32.1. The molecule has 19 heavy (non-hydrogen) atoms. The third-order valence-corrected chi connectivity index (χ3v) is 2.87. The first-order chi connectivity index (χ1) is 9.10. The zero-order valence-electron chi connectivity index (χ0n) is 10.3. The number of aromatic nitrogens is 2. The van der Waals surface area contributed by atoms with Crippen molar-refractivity contribution in [3.05, 3.63) is 27.8 Å². The fraction of sp³-hybridized carbons (Fsp3) is 0.273. The van der Waals surface area contributed by atoms with Crippen molar-refractivity contribution in [3.63, 3.8) is 0 Å². The lowest BCUT2D eigenvalue weighted by Gasteiger charge is -1.97. The van der Waals surface area contributed by atoms with Crippen LogP contribution in [0.25, 0.3) is 0 Å². The largest absolute Gasteiger partial charge is 0.461 e. The van der Waals surface area contributed by atoms with Crippen LogP contribution in [-0.4, -0.2) is 28.6 Å². The van der Waals surface area contributed by atoms with Crippen molar-refractivity contribution in [3.8, 4) is 0 Å². The summed E-state index contributed by atoms with van der Waals surface area (Å²) in [6.07, 6.45) is 0. The molecule has 0 aliphatic heterocycles. The van der Waals surface area contributed by atoms with Crippen molar-refractivity contribution in [1.82, 2.24) is 10.1 Å². The molecule has 2 aromatic heterocycles. The number of amides is 1. The van der Waals surface area contributed by atoms with Crippen molar-refractivity contribution in [1.29, 1.82) is 0 Å². The molecule has 0 aromatic carbocycles. The molecular formula is C11H11N3O4S. The Bertz CT molecular complexity index is 605. The van der Waals surface area contributed by atoms with E-state index >= 15 is 0 Å². The summed E-state index contributed by atoms with van der Waals surface area (Å²) < 4.78 is 9.64. The van der Waals surface area contributed by atoms with Crippen molar-refractivity contribution in [2.45, 2.75) is 13.8 Å². The summed E-state index contributed by atoms with van der Waals surface area (Å²) in [5, 5.41) is 7.74. The molecule has 0 atom stereocenters. The molecule has 1 amide bonds. The SMILES string of the molecule is CCOC(=O)c1nc(C(=O)Nc2cc(C)no2)cs1. The zero-order chi connectivity index (χ0) is 13.8. The van der Waals surface area contributed by atoms with Crippen molar-refractivity contribution in [2.24, 2.45) is 0 Å². The van der Waals surface area contributed by atoms with Crippen LogP contribution in [-0.2, 0) is 4.74 Å². The van der Waals surface area contributed by atoms with Gasteiger partial charge in [-0.3, -0.25) is 10.1 Å². The standard InChI is InChI=1S/C11H11N3O4S/c1-3-17-11(16)10-12-7(5-19-10)9(15)13-8-4-6(2)14-18-8/h4-5H,3H2,1-2H3,(H,13,15). The van der Waals surface area contributed by atoms with Crippen LogP contribution in [0.4, 0.5) is 5.88 Å². The minimum Gasteiger partial charge on any atom is -0.461 e. The molecule has 0 saturated heterocycles. The fourth-order valence-corrected chi connectivity index (χ4v) is 1.95. The predicted molar refractivity (Wildman–Crippen MR) is 67.3 cm³/mol. The molecule has 0 aliphatic carbocycles. The van der Waals surface area contributed by atoms with E-state index in [9.17, 15) is 9.59 Å². The van der Waals surface area contributed by atoms with Crippen LogP contribution in [0.5, 0.6) is 0 Å². The molecule has 0 fully saturated rings. The molecule has 0 radical (unpaired) electrons. The van der Waals surface area contributed by atoms with Crippen LogP contribution in [0, 0.1) is 6.92 Å². The Hall–Kier alpha value is -2.22. The minimum absolute atomic E-state index is 0.127. The van der Waals surface area contributed by atoms with Gasteiger partial charge in [0.15, 0.2) is 0 Å². The Labute approximate surface area is 112 Å². The van der Waals surface area contributed by atoms with Gasteiger partial charge in [0, 0.05) is 11.4 Å². The summed E-state index contributed by atoms with van der Waals surface area (Å²) in [5.74, 6) is -0.779. The summed E-state index contributed by atoms with van der Waals surface area (Å²) in [7, 11) is 0. The van der Waals surface area contributed by atoms with Gasteiger partial charge in [0.1, 0.15) is 5.69 Å². The quantitative estimate of drug-likeness (QED) is 0.860. The lowest BCUT2D eigenvalue weighted by atomic mass is 10.4. The van der Waals surface area contributed by atoms with E-state index in [-0.39, 0.29) is 23.2 Å². The molecule has 0 saturated carbocycles. The van der Waals surface area contributed by atoms with Crippen LogP contribution >= 0.6 is 11.3 Å². The van der Waals surface area contributed by atoms with Crippen LogP contribution in [0.1, 0.15) is 32.9 Å². The third kappa shape index (κ3) is 3.16. The molecule has 7 nitrogen and oxygen atoms in total. The van der Waals surface area contributed by atoms with E-state index in [0.717, 1.165) is 11.3 Å². The number of nitrogens with zero attached hydrogens (tertiary/aromatic N) is 2. The molecule has 8 heteroatoms. The lowest BCUT2D eigenvalue weighted by Crippen LogP contribution is -2.12. The monoisotopic (exact) mass is 281 g/mol. The molecule has 0 unspecified atom stereocenters. The maximum Gasteiger partial charge on any atom is 0.367 e. The first kappa shape index (κ1) is 13.2. The first-order valence-electron chi connectivity index (χ1n) is 5.47. The zero-order valence-corrected chi connectivity index (χ0v) is 11.1. The Morgan fingerprint density at radius 3 is 2.95 bits per heavy atom. The fourth-order valence-electron chi connectivity index (χ4n) is 1.26. The van der Waals surface area contributed by atoms with Gasteiger partial charge in [0.25, 0.3) is 5.91 Å². The second-order valence-corrected chi connectivity index (χ2v) is 4.40. The number of hydrogen-bond acceptors (Lipinski definition) is 7. The number of nitrogens with one attached hydrogen (secondary N) is 1. The van der Waals surface area contributed by atoms with E-state index in [1.165, 1.54) is 5.38 Å². The molecular weight excluding hydrogens is 270 g/mol. The van der Waals surface area contributed by atoms with E-state index in [2.05, 4.69) is 15.5 Å². The van der Waals surface area contributed by atoms with Gasteiger partial charge in [-0.15, -0.1) is 11.3 Å². The summed E-state index contributed by atoms with van der Waals surface area (Å²) in [5.41, 5.74) is 0.780. The number of esters is 1. The number of thiazole rings is 1. The second-order valence-electron chi connectivity index (χ2n) is 3.55. The van der Waals surface area contributed by atoms with Crippen molar-refractivity contribution in [2.75, 3.05) is 11.9 Å². The van der Waals surface area contributed by atoms with Crippen molar-refractivity contribution < 1.29 is 18.8 Å². The number of anilines is 1. The summed E-state index contributed by atoms with van der Waals surface area (Å²) in [6, 6.07) is 1.58. The highest BCUT2D eigenvalue weighted by Crippen LogP contribution is 2.14. The molecule has 0 bridgehead atoms. The highest BCUT2D eigenvalue weighted by molar-refractivity contribution is 7.11. The van der Waals surface area contributed by atoms with Crippen LogP contribution < -0.4 is 5.32 Å². The maximum absolute atomic E-state index is 11.8. The number of hydrogen-bond donors (Lipinski definition) is 1. The van der Waals surface area contributed by atoms with Gasteiger partial charge >= 0.3 is 5.97 Å². The van der Waals surface area contributed by atoms with Gasteiger partial charge in [0.05, 0.1) is 12.3 Å². The highest BCUT2D eigenvalue weighted by Gasteiger charge is 2.17. The van der Waals surface area contributed by atoms with Crippen molar-refractivity contribution >= 4 is 29.1 Å². The smallest absolute Gasteiger partial charge is 0.367 e. The van der Waals surface area contributed by atoms with E-state index in [0.29, 0.717) is 5.69 Å². The number of aryl methyl sites for hydroxylation is 1. The number of rotatable bonds is 4. The van der Waals surface area contributed by atoms with Crippen LogP contribution in [0.15, 0.2) is 16.0 Å². The molecule has 2 heterocycles. The number of carbonyl (C=O) groups is 2. The maximum atomic E-state index is 11.8. The van der Waals surface area contributed by atoms with Gasteiger partial charge in [-0.05, 0) is 13.8 Å². The molecule has 100 valence electrons. The van der Waals surface area contributed by atoms with E-state index in [4.69, 9.17) is 9.26 Å². The van der Waals surface area contributed by atoms with E-state index < -0.39 is 11.9 Å².